The lowest BCUT2D eigenvalue weighted by atomic mass is 10.3. The number of rotatable bonds is 7. The molecule has 0 fully saturated rings. The number of ether oxygens (including phenoxy) is 1. The number of halogens is 1. The molecule has 1 rings (SSSR count). The van der Waals surface area contributed by atoms with Gasteiger partial charge >= 0.3 is 0 Å². The van der Waals surface area contributed by atoms with Gasteiger partial charge in [-0.25, -0.2) is 4.39 Å². The van der Waals surface area contributed by atoms with Crippen LogP contribution in [0.3, 0.4) is 0 Å². The molecule has 0 heterocycles. The summed E-state index contributed by atoms with van der Waals surface area (Å²) >= 11 is 0. The molecule has 1 aromatic carbocycles. The van der Waals surface area contributed by atoms with E-state index in [2.05, 4.69) is 0 Å². The van der Waals surface area contributed by atoms with E-state index in [-0.39, 0.29) is 31.4 Å². The van der Waals surface area contributed by atoms with Crippen molar-refractivity contribution in [2.75, 3.05) is 26.3 Å². The first-order chi connectivity index (χ1) is 8.67. The number of aliphatic hydroxyl groups excluding tert-OH is 1. The van der Waals surface area contributed by atoms with E-state index >= 15 is 0 Å². The van der Waals surface area contributed by atoms with Crippen molar-refractivity contribution in [3.8, 4) is 5.75 Å². The summed E-state index contributed by atoms with van der Waals surface area (Å²) in [7, 11) is 0. The molecule has 0 radical (unpaired) electrons. The van der Waals surface area contributed by atoms with Gasteiger partial charge in [-0.15, -0.1) is 0 Å². The van der Waals surface area contributed by atoms with Gasteiger partial charge in [0, 0.05) is 13.1 Å². The Kier molecular flexibility index (Phi) is 6.14. The van der Waals surface area contributed by atoms with Crippen LogP contribution in [-0.4, -0.2) is 42.2 Å². The van der Waals surface area contributed by atoms with Crippen molar-refractivity contribution in [1.82, 2.24) is 4.90 Å². The quantitative estimate of drug-likeness (QED) is 0.802. The van der Waals surface area contributed by atoms with Crippen molar-refractivity contribution in [3.05, 3.63) is 30.1 Å². The van der Waals surface area contributed by atoms with E-state index in [9.17, 15) is 9.18 Å². The SMILES string of the molecule is CCN(CCO)C(=O)CCOc1ccc(F)cc1. The topological polar surface area (TPSA) is 49.8 Å². The molecule has 0 aliphatic carbocycles. The molecule has 0 spiro atoms. The molecule has 1 N–H and O–H groups in total. The number of carbonyl (C=O) groups is 1. The Bertz CT molecular complexity index is 367. The summed E-state index contributed by atoms with van der Waals surface area (Å²) in [5.74, 6) is 0.154. The summed E-state index contributed by atoms with van der Waals surface area (Å²) in [6, 6.07) is 5.65. The Balaban J connectivity index is 2.32. The van der Waals surface area contributed by atoms with Gasteiger partial charge in [-0.05, 0) is 31.2 Å². The highest BCUT2D eigenvalue weighted by molar-refractivity contribution is 5.76. The summed E-state index contributed by atoms with van der Waals surface area (Å²) in [4.78, 5) is 13.2. The predicted molar refractivity (Wildman–Crippen MR) is 65.9 cm³/mol. The van der Waals surface area contributed by atoms with Crippen molar-refractivity contribution in [3.63, 3.8) is 0 Å². The summed E-state index contributed by atoms with van der Waals surface area (Å²) in [5, 5.41) is 8.79. The standard InChI is InChI=1S/C13H18FNO3/c1-2-15(8-9-16)13(17)7-10-18-12-5-3-11(14)4-6-12/h3-6,16H,2,7-10H2,1H3. The normalized spacial score (nSPS) is 10.2. The van der Waals surface area contributed by atoms with Crippen molar-refractivity contribution >= 4 is 5.91 Å². The maximum absolute atomic E-state index is 12.6. The molecule has 5 heteroatoms. The first kappa shape index (κ1) is 14.4. The van der Waals surface area contributed by atoms with E-state index in [1.807, 2.05) is 6.92 Å². The molecule has 0 saturated carbocycles. The molecule has 18 heavy (non-hydrogen) atoms. The monoisotopic (exact) mass is 255 g/mol. The summed E-state index contributed by atoms with van der Waals surface area (Å²) in [6.45, 7) is 2.96. The van der Waals surface area contributed by atoms with E-state index in [4.69, 9.17) is 9.84 Å². The first-order valence-corrected chi connectivity index (χ1v) is 5.94. The van der Waals surface area contributed by atoms with E-state index in [0.29, 0.717) is 18.8 Å². The highest BCUT2D eigenvalue weighted by Crippen LogP contribution is 2.11. The smallest absolute Gasteiger partial charge is 0.226 e. The number of hydrogen-bond acceptors (Lipinski definition) is 3. The summed E-state index contributed by atoms with van der Waals surface area (Å²) < 4.78 is 18.0. The zero-order valence-electron chi connectivity index (χ0n) is 10.4. The second kappa shape index (κ2) is 7.66. The van der Waals surface area contributed by atoms with Gasteiger partial charge in [-0.1, -0.05) is 0 Å². The van der Waals surface area contributed by atoms with Gasteiger partial charge in [0.1, 0.15) is 11.6 Å². The average Bonchev–Trinajstić information content (AvgIpc) is 2.38. The highest BCUT2D eigenvalue weighted by atomic mass is 19.1. The number of nitrogens with zero attached hydrogens (tertiary/aromatic N) is 1. The maximum Gasteiger partial charge on any atom is 0.226 e. The van der Waals surface area contributed by atoms with Crippen LogP contribution in [-0.2, 0) is 4.79 Å². The fourth-order valence-corrected chi connectivity index (χ4v) is 1.53. The van der Waals surface area contributed by atoms with Gasteiger partial charge in [0.25, 0.3) is 0 Å². The van der Waals surface area contributed by atoms with E-state index in [0.717, 1.165) is 0 Å². The summed E-state index contributed by atoms with van der Waals surface area (Å²) in [6.07, 6.45) is 0.241. The number of carbonyl (C=O) groups excluding carboxylic acids is 1. The zero-order valence-corrected chi connectivity index (χ0v) is 10.4. The largest absolute Gasteiger partial charge is 0.493 e. The lowest BCUT2D eigenvalue weighted by molar-refractivity contribution is -0.132. The summed E-state index contributed by atoms with van der Waals surface area (Å²) in [5.41, 5.74) is 0. The van der Waals surface area contributed by atoms with Crippen LogP contribution < -0.4 is 4.74 Å². The molecule has 0 aliphatic heterocycles. The van der Waals surface area contributed by atoms with Crippen molar-refractivity contribution in [2.24, 2.45) is 0 Å². The lowest BCUT2D eigenvalue weighted by Gasteiger charge is -2.19. The number of hydrogen-bond donors (Lipinski definition) is 1. The van der Waals surface area contributed by atoms with Crippen molar-refractivity contribution < 1.29 is 19.0 Å². The second-order valence-corrected chi connectivity index (χ2v) is 3.75. The molecular formula is C13H18FNO3. The number of benzene rings is 1. The molecule has 0 atom stereocenters. The van der Waals surface area contributed by atoms with Crippen LogP contribution in [0.1, 0.15) is 13.3 Å². The van der Waals surface area contributed by atoms with Crippen LogP contribution in [0.2, 0.25) is 0 Å². The Hall–Kier alpha value is -1.62. The maximum atomic E-state index is 12.6. The fourth-order valence-electron chi connectivity index (χ4n) is 1.53. The van der Waals surface area contributed by atoms with E-state index < -0.39 is 0 Å². The molecule has 0 aliphatic rings. The number of likely N-dealkylation sites (N-methyl/N-ethyl adjacent to an activating group) is 1. The van der Waals surface area contributed by atoms with Crippen LogP contribution >= 0.6 is 0 Å². The van der Waals surface area contributed by atoms with Gasteiger partial charge in [0.2, 0.25) is 5.91 Å². The van der Waals surface area contributed by atoms with Crippen LogP contribution in [0.5, 0.6) is 5.75 Å². The molecular weight excluding hydrogens is 237 g/mol. The van der Waals surface area contributed by atoms with Crippen LogP contribution in [0.25, 0.3) is 0 Å². The molecule has 0 bridgehead atoms. The van der Waals surface area contributed by atoms with Gasteiger partial charge in [-0.3, -0.25) is 4.79 Å². The second-order valence-electron chi connectivity index (χ2n) is 3.75. The predicted octanol–water partition coefficient (Wildman–Crippen LogP) is 1.44. The molecule has 0 saturated heterocycles. The lowest BCUT2D eigenvalue weighted by Crippen LogP contribution is -2.34. The molecule has 1 aromatic rings. The minimum Gasteiger partial charge on any atom is -0.493 e. The van der Waals surface area contributed by atoms with E-state index in [1.165, 1.54) is 24.3 Å². The van der Waals surface area contributed by atoms with Gasteiger partial charge < -0.3 is 14.7 Å². The molecule has 4 nitrogen and oxygen atoms in total. The Morgan fingerprint density at radius 1 is 1.39 bits per heavy atom. The minimum atomic E-state index is -0.321. The zero-order chi connectivity index (χ0) is 13.4. The van der Waals surface area contributed by atoms with Gasteiger partial charge in [0.05, 0.1) is 19.6 Å². The van der Waals surface area contributed by atoms with Crippen LogP contribution in [0, 0.1) is 5.82 Å². The third-order valence-electron chi connectivity index (χ3n) is 2.50. The third-order valence-corrected chi connectivity index (χ3v) is 2.50. The number of aliphatic hydroxyl groups is 1. The Labute approximate surface area is 106 Å². The van der Waals surface area contributed by atoms with E-state index in [1.54, 1.807) is 4.90 Å². The minimum absolute atomic E-state index is 0.0433. The highest BCUT2D eigenvalue weighted by Gasteiger charge is 2.10. The van der Waals surface area contributed by atoms with Crippen molar-refractivity contribution in [1.29, 1.82) is 0 Å². The third kappa shape index (κ3) is 4.71. The first-order valence-electron chi connectivity index (χ1n) is 5.94. The molecule has 0 aromatic heterocycles. The van der Waals surface area contributed by atoms with Gasteiger partial charge in [-0.2, -0.15) is 0 Å². The van der Waals surface area contributed by atoms with Crippen LogP contribution in [0.15, 0.2) is 24.3 Å². The fraction of sp³-hybridized carbons (Fsp3) is 0.462. The van der Waals surface area contributed by atoms with Crippen molar-refractivity contribution in [2.45, 2.75) is 13.3 Å². The number of amides is 1. The Morgan fingerprint density at radius 3 is 2.61 bits per heavy atom. The molecule has 100 valence electrons. The Morgan fingerprint density at radius 2 is 2.06 bits per heavy atom. The van der Waals surface area contributed by atoms with Crippen LogP contribution in [0.4, 0.5) is 4.39 Å². The molecule has 1 amide bonds. The van der Waals surface area contributed by atoms with Gasteiger partial charge in [0.15, 0.2) is 0 Å². The molecule has 0 unspecified atom stereocenters. The average molecular weight is 255 g/mol.